The minimum absolute atomic E-state index is 0.0721. The van der Waals surface area contributed by atoms with E-state index in [1.165, 1.54) is 17.2 Å². The average Bonchev–Trinajstić information content (AvgIpc) is 3.73. The number of aromatic nitrogens is 8. The first-order chi connectivity index (χ1) is 21.4. The number of aromatic amines is 1. The number of anilines is 2. The first kappa shape index (κ1) is 32.7. The van der Waals surface area contributed by atoms with Gasteiger partial charge in [0.15, 0.2) is 47.4 Å². The highest BCUT2D eigenvalue weighted by Crippen LogP contribution is 2.51. The summed E-state index contributed by atoms with van der Waals surface area (Å²) in [4.78, 5) is 45.6. The van der Waals surface area contributed by atoms with Gasteiger partial charge < -0.3 is 40.0 Å². The van der Waals surface area contributed by atoms with Gasteiger partial charge in [0.2, 0.25) is 5.95 Å². The summed E-state index contributed by atoms with van der Waals surface area (Å²) in [6.45, 7) is -5.71. The molecule has 10 atom stereocenters. The molecule has 18 nitrogen and oxygen atoms in total. The van der Waals surface area contributed by atoms with Gasteiger partial charge in [-0.2, -0.15) is 4.98 Å². The molecule has 0 amide bonds. The number of ether oxygens (including phenoxy) is 2. The van der Waals surface area contributed by atoms with Crippen molar-refractivity contribution in [3.05, 3.63) is 29.3 Å². The minimum atomic E-state index is -4.36. The number of hydrogen-bond donors (Lipinski definition) is 6. The van der Waals surface area contributed by atoms with Crippen molar-refractivity contribution in [2.45, 2.75) is 49.2 Å². The SMILES string of the molecule is Nc1nc2c(ncn2[C@@H]2O[C@H](CO)[C@@H](F)[C@H]2OP(O)(=S)OC[C@H]2O[C@@H](n3cnc4c(N)ncnc43)[C@@H](F)[C@@H]2O[PH](=S)S)c(=O)[nH]1. The van der Waals surface area contributed by atoms with Gasteiger partial charge in [-0.15, -0.1) is 12.2 Å². The van der Waals surface area contributed by atoms with Crippen LogP contribution in [0.25, 0.3) is 22.3 Å². The van der Waals surface area contributed by atoms with Crippen LogP contribution in [0.5, 0.6) is 0 Å². The molecule has 2 aliphatic heterocycles. The second-order valence-electron chi connectivity index (χ2n) is 9.74. The third kappa shape index (κ3) is 6.24. The molecule has 0 spiro atoms. The number of nitrogens with one attached hydrogen (secondary N) is 1. The van der Waals surface area contributed by atoms with Gasteiger partial charge in [-0.3, -0.25) is 23.4 Å². The fourth-order valence-corrected chi connectivity index (χ4v) is 7.64. The Morgan fingerprint density at radius 3 is 2.47 bits per heavy atom. The van der Waals surface area contributed by atoms with Gasteiger partial charge in [-0.25, -0.2) is 28.7 Å². The van der Waals surface area contributed by atoms with Crippen molar-refractivity contribution in [3.8, 4) is 0 Å². The molecule has 2 saturated heterocycles. The molecule has 0 radical (unpaired) electrons. The van der Waals surface area contributed by atoms with E-state index in [1.54, 1.807) is 0 Å². The van der Waals surface area contributed by atoms with E-state index < -0.39 is 80.8 Å². The van der Waals surface area contributed by atoms with Crippen LogP contribution < -0.4 is 17.0 Å². The van der Waals surface area contributed by atoms with E-state index in [2.05, 4.69) is 42.2 Å². The van der Waals surface area contributed by atoms with Crippen LogP contribution in [0.1, 0.15) is 12.5 Å². The van der Waals surface area contributed by atoms with Gasteiger partial charge in [0.25, 0.3) is 5.56 Å². The Morgan fingerprint density at radius 1 is 1.07 bits per heavy atom. The van der Waals surface area contributed by atoms with Gasteiger partial charge in [0.05, 0.1) is 25.9 Å². The van der Waals surface area contributed by atoms with Crippen LogP contribution in [0.15, 0.2) is 23.8 Å². The lowest BCUT2D eigenvalue weighted by molar-refractivity contribution is -0.0538. The molecule has 6 rings (SSSR count). The Balaban J connectivity index is 1.22. The number of H-pyrrole nitrogens is 1. The van der Waals surface area contributed by atoms with Gasteiger partial charge in [0, 0.05) is 0 Å². The molecule has 0 bridgehead atoms. The lowest BCUT2D eigenvalue weighted by atomic mass is 10.1. The maximum atomic E-state index is 15.8. The average molecular weight is 729 g/mol. The van der Waals surface area contributed by atoms with E-state index >= 15 is 8.78 Å². The summed E-state index contributed by atoms with van der Waals surface area (Å²) in [6.07, 6.45) is -10.9. The molecule has 4 aromatic heterocycles. The summed E-state index contributed by atoms with van der Waals surface area (Å²) >= 11 is 14.3. The summed E-state index contributed by atoms with van der Waals surface area (Å²) in [5, 5.41) is 9.68. The first-order valence-corrected chi connectivity index (χ1v) is 19.2. The van der Waals surface area contributed by atoms with Crippen LogP contribution in [0, 0.1) is 0 Å². The maximum Gasteiger partial charge on any atom is 0.325 e. The second kappa shape index (κ2) is 12.7. The van der Waals surface area contributed by atoms with Crippen LogP contribution in [0.2, 0.25) is 0 Å². The fourth-order valence-electron chi connectivity index (χ4n) is 5.02. The number of nitrogens with zero attached hydrogens (tertiary/aromatic N) is 7. The molecule has 0 saturated carbocycles. The number of hydrogen-bond acceptors (Lipinski definition) is 16. The number of imidazole rings is 2. The largest absolute Gasteiger partial charge is 0.394 e. The van der Waals surface area contributed by atoms with Gasteiger partial charge in [0.1, 0.15) is 42.4 Å². The molecule has 25 heteroatoms. The number of thiol groups is 1. The van der Waals surface area contributed by atoms with E-state index in [0.29, 0.717) is 0 Å². The van der Waals surface area contributed by atoms with E-state index in [4.69, 9.17) is 58.1 Å². The van der Waals surface area contributed by atoms with Crippen molar-refractivity contribution < 1.29 is 41.8 Å². The fraction of sp³-hybridized carbons (Fsp3) is 0.500. The maximum absolute atomic E-state index is 15.8. The molecule has 6 heterocycles. The Labute approximate surface area is 266 Å². The zero-order chi connectivity index (χ0) is 32.2. The third-order valence-electron chi connectivity index (χ3n) is 6.99. The van der Waals surface area contributed by atoms with Crippen molar-refractivity contribution in [3.63, 3.8) is 0 Å². The highest BCUT2D eigenvalue weighted by Gasteiger charge is 2.51. The zero-order valence-corrected chi connectivity index (χ0v) is 26.8. The number of nitrogen functional groups attached to an aromatic ring is 2. The first-order valence-electron chi connectivity index (χ1n) is 12.8. The van der Waals surface area contributed by atoms with Crippen LogP contribution in [-0.4, -0.2) is 99.0 Å². The Kier molecular flexibility index (Phi) is 9.24. The van der Waals surface area contributed by atoms with Crippen molar-refractivity contribution in [2.24, 2.45) is 0 Å². The van der Waals surface area contributed by atoms with E-state index in [9.17, 15) is 14.8 Å². The predicted molar refractivity (Wildman–Crippen MR) is 164 cm³/mol. The number of rotatable bonds is 10. The summed E-state index contributed by atoms with van der Waals surface area (Å²) in [7, 11) is 0. The quantitative estimate of drug-likeness (QED) is 0.0931. The highest BCUT2D eigenvalue weighted by atomic mass is 32.9. The number of aliphatic hydroxyl groups excluding tert-OH is 1. The lowest BCUT2D eigenvalue weighted by Crippen LogP contribution is -2.34. The Morgan fingerprint density at radius 2 is 1.76 bits per heavy atom. The van der Waals surface area contributed by atoms with Crippen molar-refractivity contribution >= 4 is 82.8 Å². The normalized spacial score (nSPS) is 30.7. The van der Waals surface area contributed by atoms with Crippen molar-refractivity contribution in [2.75, 3.05) is 24.7 Å². The summed E-state index contributed by atoms with van der Waals surface area (Å²) in [5.41, 5.74) is 11.0. The molecule has 2 aliphatic rings. The highest BCUT2D eigenvalue weighted by molar-refractivity contribution is 8.54. The number of alkyl halides is 2. The van der Waals surface area contributed by atoms with Crippen molar-refractivity contribution in [1.29, 1.82) is 0 Å². The molecule has 244 valence electrons. The summed E-state index contributed by atoms with van der Waals surface area (Å²) < 4.78 is 61.8. The molecule has 7 N–H and O–H groups in total. The number of halogens is 2. The topological polar surface area (TPSA) is 246 Å². The molecule has 4 aromatic rings. The minimum Gasteiger partial charge on any atom is -0.394 e. The van der Waals surface area contributed by atoms with Gasteiger partial charge in [-0.1, -0.05) is 11.8 Å². The predicted octanol–water partition coefficient (Wildman–Crippen LogP) is 0.0269. The van der Waals surface area contributed by atoms with E-state index in [0.717, 1.165) is 10.9 Å². The van der Waals surface area contributed by atoms with E-state index in [1.807, 2.05) is 0 Å². The summed E-state index contributed by atoms with van der Waals surface area (Å²) in [6, 6.07) is 0. The monoisotopic (exact) mass is 728 g/mol. The zero-order valence-electron chi connectivity index (χ0n) is 22.4. The summed E-state index contributed by atoms with van der Waals surface area (Å²) in [5.74, 6) is -0.180. The molecule has 2 fully saturated rings. The molecule has 0 aliphatic carbocycles. The van der Waals surface area contributed by atoms with Crippen LogP contribution in [-0.2, 0) is 46.7 Å². The van der Waals surface area contributed by atoms with Gasteiger partial charge >= 0.3 is 6.72 Å². The molecule has 0 aromatic carbocycles. The Bertz CT molecular complexity index is 1870. The molecular weight excluding hydrogens is 704 g/mol. The molecular formula is C20H24F2N10O8P2S3. The number of fused-ring (bicyclic) bond motifs is 2. The third-order valence-corrected chi connectivity index (χ3v) is 9.63. The molecule has 2 unspecified atom stereocenters. The van der Waals surface area contributed by atoms with Crippen LogP contribution in [0.3, 0.4) is 0 Å². The second-order valence-corrected chi connectivity index (χ2v) is 16.5. The Hall–Kier alpha value is -2.27. The number of aliphatic hydroxyl groups is 1. The van der Waals surface area contributed by atoms with Gasteiger partial charge in [-0.05, 0) is 11.8 Å². The van der Waals surface area contributed by atoms with E-state index in [-0.39, 0.29) is 34.1 Å². The van der Waals surface area contributed by atoms with Crippen LogP contribution >= 0.6 is 25.1 Å². The number of nitrogens with two attached hydrogens (primary N) is 2. The van der Waals surface area contributed by atoms with Crippen molar-refractivity contribution in [1.82, 2.24) is 39.0 Å². The van der Waals surface area contributed by atoms with Crippen LogP contribution in [0.4, 0.5) is 20.5 Å². The smallest absolute Gasteiger partial charge is 0.325 e. The lowest BCUT2D eigenvalue weighted by Gasteiger charge is -2.27. The molecule has 45 heavy (non-hydrogen) atoms. The standard InChI is InChI=1S/C20H24F2N10O8P2S3/c21-8-6(1-33)37-19(32-5-28-11-16(32)29-20(24)30-17(11)34)13(8)40-42(35,45)36-2-7-12(39-41(43)44)9(22)18(38-7)31-4-27-10-14(23)25-3-26-15(10)31/h3-9,12-13,18-19,33,41H,1-2H2,(H,35,45)(H,43,44)(H2,23,25,26)(H3,24,29,30,34)/t6-,7-,8-,9+,12-,13-,18-,19-,42?/m1/s1.